The lowest BCUT2D eigenvalue weighted by Crippen LogP contribution is -2.13. The molecule has 0 aliphatic heterocycles. The fourth-order valence-electron chi connectivity index (χ4n) is 3.55. The molecule has 0 bridgehead atoms. The Labute approximate surface area is 142 Å². The first-order chi connectivity index (χ1) is 10.8. The van der Waals surface area contributed by atoms with E-state index in [1.807, 2.05) is 0 Å². The van der Waals surface area contributed by atoms with E-state index in [1.54, 1.807) is 10.7 Å². The van der Waals surface area contributed by atoms with Crippen LogP contribution in [-0.2, 0) is 0 Å². The number of isothiocyanates is 1. The molecule has 1 N–H and O–H groups in total. The van der Waals surface area contributed by atoms with Gasteiger partial charge in [0.05, 0.1) is 5.16 Å². The van der Waals surface area contributed by atoms with E-state index >= 15 is 0 Å². The highest BCUT2D eigenvalue weighted by Gasteiger charge is 2.21. The summed E-state index contributed by atoms with van der Waals surface area (Å²) in [6.45, 7) is 2.30. The molecule has 22 heavy (non-hydrogen) atoms. The molecule has 1 aliphatic carbocycles. The third-order valence-electron chi connectivity index (χ3n) is 4.83. The summed E-state index contributed by atoms with van der Waals surface area (Å²) in [4.78, 5) is 0. The van der Waals surface area contributed by atoms with Crippen LogP contribution in [0.4, 0.5) is 0 Å². The van der Waals surface area contributed by atoms with Gasteiger partial charge in [0.1, 0.15) is 0 Å². The average Bonchev–Trinajstić information content (AvgIpc) is 2.57. The van der Waals surface area contributed by atoms with Crippen molar-refractivity contribution in [2.24, 2.45) is 5.92 Å². The molecule has 2 rings (SSSR count). The van der Waals surface area contributed by atoms with E-state index in [1.165, 1.54) is 64.2 Å². The van der Waals surface area contributed by atoms with Gasteiger partial charge in [-0.2, -0.15) is 0 Å². The molecule has 2 heteroatoms. The molecular formula is C20H31NS. The normalized spacial score (nSPS) is 20.6. The smallest absolute Gasteiger partial charge is 0.0554 e. The Balaban J connectivity index is 0.000000745. The highest BCUT2D eigenvalue weighted by atomic mass is 32.1. The Bertz CT molecular complexity index is 401. The Morgan fingerprint density at radius 2 is 1.59 bits per heavy atom. The van der Waals surface area contributed by atoms with E-state index in [2.05, 4.69) is 49.5 Å². The zero-order valence-corrected chi connectivity index (χ0v) is 14.8. The highest BCUT2D eigenvalue weighted by molar-refractivity contribution is 7.78. The quantitative estimate of drug-likeness (QED) is 0.327. The molecule has 1 nitrogen and oxygen atoms in total. The molecule has 0 amide bonds. The SMILES string of the molecule is CCCCCCC[C@H]1CC[C@H](c2ccccc2)CC1.N=C=S. The van der Waals surface area contributed by atoms with Crippen molar-refractivity contribution in [2.45, 2.75) is 77.0 Å². The van der Waals surface area contributed by atoms with Crippen molar-refractivity contribution in [3.8, 4) is 0 Å². The van der Waals surface area contributed by atoms with Gasteiger partial charge in [0.15, 0.2) is 0 Å². The molecule has 0 spiro atoms. The summed E-state index contributed by atoms with van der Waals surface area (Å²) in [5.74, 6) is 1.87. The maximum absolute atomic E-state index is 5.77. The van der Waals surface area contributed by atoms with Gasteiger partial charge < -0.3 is 0 Å². The second kappa shape index (κ2) is 12.6. The van der Waals surface area contributed by atoms with E-state index in [9.17, 15) is 0 Å². The molecule has 1 fully saturated rings. The molecule has 0 aromatic heterocycles. The third-order valence-corrected chi connectivity index (χ3v) is 4.83. The standard InChI is InChI=1S/C19H30.CHNS/c1-2-3-4-5-7-10-17-13-15-19(16-14-17)18-11-8-6-9-12-18;2-1-3/h6,8-9,11-12,17,19H,2-5,7,10,13-16H2,1H3;2H/t17-,19-;. The Morgan fingerprint density at radius 1 is 1.00 bits per heavy atom. The van der Waals surface area contributed by atoms with E-state index in [0.717, 1.165) is 11.8 Å². The van der Waals surface area contributed by atoms with Gasteiger partial charge in [0.25, 0.3) is 0 Å². The van der Waals surface area contributed by atoms with Crippen molar-refractivity contribution in [3.63, 3.8) is 0 Å². The summed E-state index contributed by atoms with van der Waals surface area (Å²) >= 11 is 3.81. The number of nitrogens with one attached hydrogen (secondary N) is 1. The lowest BCUT2D eigenvalue weighted by Gasteiger charge is -2.28. The summed E-state index contributed by atoms with van der Waals surface area (Å²) in [6, 6.07) is 11.1. The van der Waals surface area contributed by atoms with Crippen molar-refractivity contribution in [1.29, 1.82) is 5.41 Å². The van der Waals surface area contributed by atoms with Crippen LogP contribution in [-0.4, -0.2) is 5.16 Å². The topological polar surface area (TPSA) is 23.9 Å². The number of rotatable bonds is 7. The predicted octanol–water partition coefficient (Wildman–Crippen LogP) is 6.99. The van der Waals surface area contributed by atoms with Crippen molar-refractivity contribution in [1.82, 2.24) is 0 Å². The van der Waals surface area contributed by atoms with Gasteiger partial charge in [-0.05, 0) is 55.3 Å². The van der Waals surface area contributed by atoms with E-state index in [0.29, 0.717) is 0 Å². The second-order valence-corrected chi connectivity index (χ2v) is 6.64. The van der Waals surface area contributed by atoms with Gasteiger partial charge in [-0.25, -0.2) is 5.41 Å². The number of unbranched alkanes of at least 4 members (excludes halogenated alkanes) is 4. The van der Waals surface area contributed by atoms with Gasteiger partial charge in [0, 0.05) is 0 Å². The lowest BCUT2D eigenvalue weighted by atomic mass is 9.77. The first-order valence-corrected chi connectivity index (χ1v) is 9.31. The van der Waals surface area contributed by atoms with Gasteiger partial charge in [-0.15, -0.1) is 0 Å². The van der Waals surface area contributed by atoms with Crippen LogP contribution in [0.25, 0.3) is 0 Å². The van der Waals surface area contributed by atoms with Crippen molar-refractivity contribution in [2.75, 3.05) is 0 Å². The van der Waals surface area contributed by atoms with Crippen LogP contribution in [0.15, 0.2) is 30.3 Å². The second-order valence-electron chi connectivity index (χ2n) is 6.43. The minimum absolute atomic E-state index is 0.845. The maximum Gasteiger partial charge on any atom is 0.0554 e. The predicted molar refractivity (Wildman–Crippen MR) is 99.8 cm³/mol. The molecule has 1 aliphatic rings. The lowest BCUT2D eigenvalue weighted by molar-refractivity contribution is 0.302. The average molecular weight is 318 g/mol. The number of hydrogen-bond donors (Lipinski definition) is 1. The van der Waals surface area contributed by atoms with Crippen LogP contribution in [0, 0.1) is 11.3 Å². The minimum atomic E-state index is 0.845. The molecule has 0 radical (unpaired) electrons. The first-order valence-electron chi connectivity index (χ1n) is 8.90. The molecular weight excluding hydrogens is 286 g/mol. The van der Waals surface area contributed by atoms with Crippen LogP contribution in [0.5, 0.6) is 0 Å². The van der Waals surface area contributed by atoms with Crippen LogP contribution >= 0.6 is 12.2 Å². The molecule has 0 unspecified atom stereocenters. The summed E-state index contributed by atoms with van der Waals surface area (Å²) in [7, 11) is 0. The molecule has 1 aromatic carbocycles. The van der Waals surface area contributed by atoms with Gasteiger partial charge in [0.2, 0.25) is 0 Å². The van der Waals surface area contributed by atoms with E-state index in [4.69, 9.17) is 5.41 Å². The molecule has 1 aromatic rings. The monoisotopic (exact) mass is 317 g/mol. The Hall–Kier alpha value is -0.980. The van der Waals surface area contributed by atoms with Gasteiger partial charge in [-0.3, -0.25) is 0 Å². The number of thiocarbonyl (C=S) groups is 1. The van der Waals surface area contributed by atoms with Crippen molar-refractivity contribution < 1.29 is 0 Å². The van der Waals surface area contributed by atoms with E-state index < -0.39 is 0 Å². The molecule has 0 heterocycles. The fraction of sp³-hybridized carbons (Fsp3) is 0.650. The van der Waals surface area contributed by atoms with Crippen molar-refractivity contribution in [3.05, 3.63) is 35.9 Å². The summed E-state index contributed by atoms with van der Waals surface area (Å²) in [5, 5.41) is 7.36. The van der Waals surface area contributed by atoms with Crippen LogP contribution in [0.2, 0.25) is 0 Å². The highest BCUT2D eigenvalue weighted by Crippen LogP contribution is 2.37. The number of benzene rings is 1. The van der Waals surface area contributed by atoms with Gasteiger partial charge >= 0.3 is 0 Å². The summed E-state index contributed by atoms with van der Waals surface area (Å²) in [6.07, 6.45) is 14.4. The van der Waals surface area contributed by atoms with Crippen LogP contribution < -0.4 is 0 Å². The minimum Gasteiger partial charge on any atom is -0.248 e. The van der Waals surface area contributed by atoms with Gasteiger partial charge in [-0.1, -0.05) is 75.8 Å². The Morgan fingerprint density at radius 3 is 2.18 bits per heavy atom. The number of hydrogen-bond acceptors (Lipinski definition) is 2. The largest absolute Gasteiger partial charge is 0.248 e. The van der Waals surface area contributed by atoms with Crippen molar-refractivity contribution >= 4 is 17.4 Å². The zero-order valence-electron chi connectivity index (χ0n) is 14.0. The molecule has 1 saturated carbocycles. The fourth-order valence-corrected chi connectivity index (χ4v) is 3.55. The van der Waals surface area contributed by atoms with E-state index in [-0.39, 0.29) is 0 Å². The summed E-state index contributed by atoms with van der Waals surface area (Å²) < 4.78 is 0. The maximum atomic E-state index is 5.77. The molecule has 0 saturated heterocycles. The third kappa shape index (κ3) is 7.87. The molecule has 122 valence electrons. The van der Waals surface area contributed by atoms with Crippen LogP contribution in [0.3, 0.4) is 0 Å². The summed E-state index contributed by atoms with van der Waals surface area (Å²) in [5.41, 5.74) is 1.57. The Kier molecular flexibility index (Phi) is 10.9. The zero-order chi connectivity index (χ0) is 16.0. The first kappa shape index (κ1) is 19.1. The van der Waals surface area contributed by atoms with Crippen LogP contribution in [0.1, 0.15) is 82.6 Å². The molecule has 0 atom stereocenters.